The molecule has 2 heterocycles. The van der Waals surface area contributed by atoms with Gasteiger partial charge in [-0.25, -0.2) is 9.37 Å². The summed E-state index contributed by atoms with van der Waals surface area (Å²) >= 11 is 0. The first-order valence-corrected chi connectivity index (χ1v) is 12.3. The predicted molar refractivity (Wildman–Crippen MR) is 138 cm³/mol. The van der Waals surface area contributed by atoms with Crippen LogP contribution in [0, 0.1) is 12.7 Å². The molecule has 1 aliphatic heterocycles. The molecule has 4 rings (SSSR count). The third kappa shape index (κ3) is 6.09. The van der Waals surface area contributed by atoms with E-state index in [2.05, 4.69) is 15.2 Å². The van der Waals surface area contributed by atoms with Gasteiger partial charge in [0.15, 0.2) is 0 Å². The number of aryl methyl sites for hydroxylation is 1. The lowest BCUT2D eigenvalue weighted by molar-refractivity contribution is -0.134. The van der Waals surface area contributed by atoms with Crippen molar-refractivity contribution in [2.24, 2.45) is 5.73 Å². The number of anilines is 2. The summed E-state index contributed by atoms with van der Waals surface area (Å²) in [5, 5.41) is 6.24. The van der Waals surface area contributed by atoms with E-state index in [1.54, 1.807) is 17.0 Å². The first kappa shape index (κ1) is 25.4. The Labute approximate surface area is 210 Å². The lowest BCUT2D eigenvalue weighted by atomic mass is 10.1. The fraction of sp³-hybridized carbons (Fsp3) is 0.370. The summed E-state index contributed by atoms with van der Waals surface area (Å²) in [7, 11) is 0. The second-order valence-corrected chi connectivity index (χ2v) is 9.22. The van der Waals surface area contributed by atoms with Gasteiger partial charge >= 0.3 is 0 Å². The zero-order valence-corrected chi connectivity index (χ0v) is 20.8. The van der Waals surface area contributed by atoms with Gasteiger partial charge < -0.3 is 25.8 Å². The lowest BCUT2D eigenvalue weighted by Gasteiger charge is -2.30. The third-order valence-electron chi connectivity index (χ3n) is 6.35. The Hall–Kier alpha value is -3.72. The van der Waals surface area contributed by atoms with Crippen molar-refractivity contribution in [1.29, 1.82) is 0 Å². The highest BCUT2D eigenvalue weighted by Gasteiger charge is 2.29. The smallest absolute Gasteiger partial charge is 0.239 e. The molecule has 2 amide bonds. The molecular formula is C27H33FN6O2. The molecule has 3 aromatic rings. The van der Waals surface area contributed by atoms with Crippen LogP contribution in [0.15, 0.2) is 48.5 Å². The highest BCUT2D eigenvalue weighted by Crippen LogP contribution is 2.33. The number of nitrogens with zero attached hydrogens (tertiary/aromatic N) is 3. The molecule has 0 unspecified atom stereocenters. The number of hydrogen-bond acceptors (Lipinski definition) is 5. The molecule has 0 saturated heterocycles. The number of hydrogen-bond donors (Lipinski definition) is 3. The normalized spacial score (nSPS) is 13.7. The molecule has 1 aromatic heterocycles. The number of amides is 2. The topological polar surface area (TPSA) is 105 Å². The summed E-state index contributed by atoms with van der Waals surface area (Å²) in [5.74, 6) is 1.10. The van der Waals surface area contributed by atoms with Crippen LogP contribution < -0.4 is 16.4 Å². The predicted octanol–water partition coefficient (Wildman–Crippen LogP) is 3.72. The zero-order chi connectivity index (χ0) is 25.7. The highest BCUT2D eigenvalue weighted by molar-refractivity contribution is 5.82. The van der Waals surface area contributed by atoms with E-state index in [9.17, 15) is 14.0 Å². The van der Waals surface area contributed by atoms with Crippen LogP contribution in [-0.4, -0.2) is 45.4 Å². The number of unbranched alkanes of at least 4 members (excludes halogenated alkanes) is 1. The minimum absolute atomic E-state index is 0.0598. The molecule has 36 heavy (non-hydrogen) atoms. The van der Waals surface area contributed by atoms with Crippen molar-refractivity contribution in [3.05, 3.63) is 65.7 Å². The third-order valence-corrected chi connectivity index (χ3v) is 6.35. The molecule has 0 fully saturated rings. The first-order valence-electron chi connectivity index (χ1n) is 12.3. The van der Waals surface area contributed by atoms with Gasteiger partial charge in [0.2, 0.25) is 11.8 Å². The van der Waals surface area contributed by atoms with Gasteiger partial charge in [0.25, 0.3) is 0 Å². The van der Waals surface area contributed by atoms with Crippen molar-refractivity contribution in [3.63, 3.8) is 0 Å². The van der Waals surface area contributed by atoms with E-state index < -0.39 is 6.04 Å². The average molecular weight is 493 g/mol. The number of carbonyl (C=O) groups is 2. The van der Waals surface area contributed by atoms with E-state index in [1.165, 1.54) is 19.1 Å². The molecule has 1 aliphatic rings. The van der Waals surface area contributed by atoms with Gasteiger partial charge in [-0.05, 0) is 62.6 Å². The number of imidazole rings is 1. The number of aromatic nitrogens is 2. The molecule has 0 bridgehead atoms. The van der Waals surface area contributed by atoms with Gasteiger partial charge in [0.05, 0.1) is 12.6 Å². The number of rotatable bonds is 9. The first-order chi connectivity index (χ1) is 17.3. The van der Waals surface area contributed by atoms with Gasteiger partial charge in [-0.1, -0.05) is 17.7 Å². The molecule has 0 radical (unpaired) electrons. The molecule has 8 nitrogen and oxygen atoms in total. The van der Waals surface area contributed by atoms with Crippen molar-refractivity contribution in [3.8, 4) is 11.3 Å². The number of halogens is 1. The second kappa shape index (κ2) is 11.3. The maximum atomic E-state index is 13.6. The Balaban J connectivity index is 1.51. The standard InChI is InChI=1S/C27H33FN6O2/c1-18-6-12-22(13-7-18)31-26-25(20-8-10-21(28)11-9-20)32-24-17-33(15-16-34(24)26)27(36)23(29)5-3-4-14-30-19(2)35/h6-13,23,31H,3-5,14-17,29H2,1-2H3,(H,30,35)/t23-/m0/s1. The highest BCUT2D eigenvalue weighted by atomic mass is 19.1. The van der Waals surface area contributed by atoms with Crippen LogP contribution in [0.1, 0.15) is 37.6 Å². The lowest BCUT2D eigenvalue weighted by Crippen LogP contribution is -2.47. The second-order valence-electron chi connectivity index (χ2n) is 9.22. The molecule has 2 aromatic carbocycles. The molecule has 1 atom stereocenters. The van der Waals surface area contributed by atoms with Crippen LogP contribution in [0.5, 0.6) is 0 Å². The molecule has 9 heteroatoms. The van der Waals surface area contributed by atoms with Crippen LogP contribution in [0.2, 0.25) is 0 Å². The summed E-state index contributed by atoms with van der Waals surface area (Å²) in [6, 6.07) is 13.8. The minimum atomic E-state index is -0.592. The summed E-state index contributed by atoms with van der Waals surface area (Å²) in [6.07, 6.45) is 2.10. The molecule has 190 valence electrons. The van der Waals surface area contributed by atoms with E-state index in [1.807, 2.05) is 31.2 Å². The average Bonchev–Trinajstić information content (AvgIpc) is 3.22. The van der Waals surface area contributed by atoms with E-state index >= 15 is 0 Å². The van der Waals surface area contributed by atoms with Crippen LogP contribution in [0.25, 0.3) is 11.3 Å². The van der Waals surface area contributed by atoms with Crippen LogP contribution >= 0.6 is 0 Å². The molecule has 0 saturated carbocycles. The van der Waals surface area contributed by atoms with Gasteiger partial charge in [0, 0.05) is 37.8 Å². The number of carbonyl (C=O) groups excluding carboxylic acids is 2. The van der Waals surface area contributed by atoms with Crippen molar-refractivity contribution in [2.75, 3.05) is 18.4 Å². The van der Waals surface area contributed by atoms with Crippen molar-refractivity contribution < 1.29 is 14.0 Å². The van der Waals surface area contributed by atoms with E-state index in [-0.39, 0.29) is 17.6 Å². The molecule has 0 aliphatic carbocycles. The fourth-order valence-corrected chi connectivity index (χ4v) is 4.34. The molecule has 4 N–H and O–H groups in total. The van der Waals surface area contributed by atoms with E-state index in [4.69, 9.17) is 10.7 Å². The monoisotopic (exact) mass is 492 g/mol. The van der Waals surface area contributed by atoms with Gasteiger partial charge in [-0.15, -0.1) is 0 Å². The Morgan fingerprint density at radius 3 is 2.50 bits per heavy atom. The Bertz CT molecular complexity index is 1210. The van der Waals surface area contributed by atoms with Gasteiger partial charge in [-0.2, -0.15) is 0 Å². The van der Waals surface area contributed by atoms with Crippen LogP contribution in [0.4, 0.5) is 15.9 Å². The van der Waals surface area contributed by atoms with E-state index in [0.717, 1.165) is 41.3 Å². The summed E-state index contributed by atoms with van der Waals surface area (Å²) in [5.41, 5.74) is 9.80. The zero-order valence-electron chi connectivity index (χ0n) is 20.8. The molecule has 0 spiro atoms. The Morgan fingerprint density at radius 2 is 1.81 bits per heavy atom. The van der Waals surface area contributed by atoms with Crippen molar-refractivity contribution in [1.82, 2.24) is 19.8 Å². The number of fused-ring (bicyclic) bond motifs is 1. The summed E-state index contributed by atoms with van der Waals surface area (Å²) in [6.45, 7) is 5.54. The van der Waals surface area contributed by atoms with Crippen LogP contribution in [-0.2, 0) is 22.7 Å². The maximum absolute atomic E-state index is 13.6. The molecular weight excluding hydrogens is 459 g/mol. The fourth-order valence-electron chi connectivity index (χ4n) is 4.34. The Morgan fingerprint density at radius 1 is 1.08 bits per heavy atom. The quantitative estimate of drug-likeness (QED) is 0.395. The Kier molecular flexibility index (Phi) is 8.00. The number of benzene rings is 2. The number of nitrogens with two attached hydrogens (primary N) is 1. The van der Waals surface area contributed by atoms with Gasteiger partial charge in [0.1, 0.15) is 23.2 Å². The largest absolute Gasteiger partial charge is 0.356 e. The SMILES string of the molecule is CC(=O)NCCCC[C@H](N)C(=O)N1CCn2c(nc(-c3ccc(F)cc3)c2Nc2ccc(C)cc2)C1. The van der Waals surface area contributed by atoms with E-state index in [0.29, 0.717) is 38.3 Å². The van der Waals surface area contributed by atoms with Gasteiger partial charge in [-0.3, -0.25) is 9.59 Å². The minimum Gasteiger partial charge on any atom is -0.356 e. The number of nitrogens with one attached hydrogen (secondary N) is 2. The maximum Gasteiger partial charge on any atom is 0.239 e. The van der Waals surface area contributed by atoms with Crippen molar-refractivity contribution >= 4 is 23.3 Å². The van der Waals surface area contributed by atoms with Crippen LogP contribution in [0.3, 0.4) is 0 Å². The summed E-state index contributed by atoms with van der Waals surface area (Å²) in [4.78, 5) is 30.6. The summed E-state index contributed by atoms with van der Waals surface area (Å²) < 4.78 is 15.7. The van der Waals surface area contributed by atoms with Crippen molar-refractivity contribution in [2.45, 2.75) is 52.2 Å².